The maximum absolute atomic E-state index is 2.48. The molecule has 0 saturated heterocycles. The maximum Gasteiger partial charge on any atom is 0.101 e. The van der Waals surface area contributed by atoms with Crippen molar-refractivity contribution in [1.29, 1.82) is 0 Å². The number of hydrogen-bond donors (Lipinski definition) is 0. The number of hydrogen-bond acceptors (Lipinski definition) is 2. The molecule has 0 fully saturated rings. The van der Waals surface area contributed by atoms with Gasteiger partial charge >= 0.3 is 0 Å². The second-order valence-electron chi connectivity index (χ2n) is 12.8. The SMILES string of the molecule is Cc1cc(C)c2c(c1)SCC2=C1c2c(C)cc(C)cc2SC1(P(c1ccccc1)c1ccccc1)P(c1ccccc1)c1ccccc1. The van der Waals surface area contributed by atoms with Gasteiger partial charge in [-0.3, -0.25) is 0 Å². The van der Waals surface area contributed by atoms with Crippen molar-refractivity contribution in [3.63, 3.8) is 0 Å². The number of rotatable bonds is 6. The fraction of sp³-hybridized carbons (Fsp3) is 0.136. The van der Waals surface area contributed by atoms with Crippen molar-refractivity contribution in [3.8, 4) is 0 Å². The molecule has 0 saturated carbocycles. The van der Waals surface area contributed by atoms with Gasteiger partial charge in [0.25, 0.3) is 0 Å². The van der Waals surface area contributed by atoms with Crippen LogP contribution in [-0.4, -0.2) is 9.98 Å². The first-order valence-electron chi connectivity index (χ1n) is 16.5. The Balaban J connectivity index is 1.59. The normalized spacial score (nSPS) is 16.4. The van der Waals surface area contributed by atoms with E-state index in [1.807, 2.05) is 11.8 Å². The lowest BCUT2D eigenvalue weighted by atomic mass is 9.91. The van der Waals surface area contributed by atoms with Gasteiger partial charge in [0.15, 0.2) is 0 Å². The Bertz CT molecular complexity index is 1980. The zero-order valence-electron chi connectivity index (χ0n) is 27.8. The first-order chi connectivity index (χ1) is 23.5. The molecule has 4 heteroatoms. The van der Waals surface area contributed by atoms with Crippen molar-refractivity contribution < 1.29 is 0 Å². The zero-order chi connectivity index (χ0) is 32.8. The van der Waals surface area contributed by atoms with Gasteiger partial charge in [-0.2, -0.15) is 0 Å². The third-order valence-electron chi connectivity index (χ3n) is 9.35. The molecule has 2 heterocycles. The molecule has 0 spiro atoms. The summed E-state index contributed by atoms with van der Waals surface area (Å²) in [5, 5.41) is 5.71. The molecule has 0 unspecified atom stereocenters. The van der Waals surface area contributed by atoms with Crippen molar-refractivity contribution in [2.75, 3.05) is 5.75 Å². The molecule has 0 aromatic heterocycles. The quantitative estimate of drug-likeness (QED) is 0.159. The van der Waals surface area contributed by atoms with E-state index < -0.39 is 15.8 Å². The number of aryl methyl sites for hydroxylation is 4. The summed E-state index contributed by atoms with van der Waals surface area (Å²) >= 11 is 4.21. The summed E-state index contributed by atoms with van der Waals surface area (Å²) in [6, 6.07) is 55.6. The van der Waals surface area contributed by atoms with Crippen molar-refractivity contribution in [2.24, 2.45) is 0 Å². The second-order valence-corrected chi connectivity index (χ2v) is 20.8. The van der Waals surface area contributed by atoms with E-state index in [2.05, 4.69) is 185 Å². The summed E-state index contributed by atoms with van der Waals surface area (Å²) in [6.45, 7) is 9.20. The summed E-state index contributed by atoms with van der Waals surface area (Å²) in [6.07, 6.45) is 0. The maximum atomic E-state index is 2.48. The van der Waals surface area contributed by atoms with Crippen LogP contribution in [-0.2, 0) is 0 Å². The molecule has 2 aliphatic heterocycles. The van der Waals surface area contributed by atoms with E-state index in [4.69, 9.17) is 0 Å². The van der Waals surface area contributed by atoms with Gasteiger partial charge in [-0.25, -0.2) is 0 Å². The van der Waals surface area contributed by atoms with Crippen LogP contribution in [0, 0.1) is 27.7 Å². The smallest absolute Gasteiger partial charge is 0.101 e. The Labute approximate surface area is 296 Å². The molecule has 0 amide bonds. The number of thioether (sulfide) groups is 2. The molecule has 48 heavy (non-hydrogen) atoms. The van der Waals surface area contributed by atoms with Gasteiger partial charge in [-0.05, 0) is 121 Å². The Hall–Kier alpha value is -3.38. The molecule has 2 aliphatic rings. The van der Waals surface area contributed by atoms with Crippen LogP contribution in [0.3, 0.4) is 0 Å². The summed E-state index contributed by atoms with van der Waals surface area (Å²) in [4.78, 5) is 2.86. The van der Waals surface area contributed by atoms with Gasteiger partial charge < -0.3 is 0 Å². The molecule has 8 rings (SSSR count). The summed E-state index contributed by atoms with van der Waals surface area (Å²) in [5.41, 5.74) is 11.5. The fourth-order valence-electron chi connectivity index (χ4n) is 7.61. The van der Waals surface area contributed by atoms with E-state index in [-0.39, 0.29) is 4.23 Å². The van der Waals surface area contributed by atoms with Gasteiger partial charge in [0.05, 0.1) is 0 Å². The average Bonchev–Trinajstić information content (AvgIpc) is 3.66. The highest BCUT2D eigenvalue weighted by molar-refractivity contribution is 8.19. The van der Waals surface area contributed by atoms with Crippen LogP contribution in [0.1, 0.15) is 33.4 Å². The minimum atomic E-state index is -0.927. The van der Waals surface area contributed by atoms with Crippen molar-refractivity contribution in [3.05, 3.63) is 179 Å². The van der Waals surface area contributed by atoms with Crippen LogP contribution in [0.2, 0.25) is 0 Å². The predicted octanol–water partition coefficient (Wildman–Crippen LogP) is 11.0. The van der Waals surface area contributed by atoms with E-state index in [0.717, 1.165) is 5.75 Å². The van der Waals surface area contributed by atoms with E-state index in [0.29, 0.717) is 0 Å². The molecule has 0 radical (unpaired) electrons. The first-order valence-corrected chi connectivity index (χ1v) is 21.0. The van der Waals surface area contributed by atoms with Crippen LogP contribution < -0.4 is 21.2 Å². The van der Waals surface area contributed by atoms with Crippen LogP contribution in [0.4, 0.5) is 0 Å². The van der Waals surface area contributed by atoms with Gasteiger partial charge in [-0.1, -0.05) is 133 Å². The van der Waals surface area contributed by atoms with Crippen LogP contribution in [0.5, 0.6) is 0 Å². The lowest BCUT2D eigenvalue weighted by molar-refractivity contribution is 1.25. The van der Waals surface area contributed by atoms with Crippen molar-refractivity contribution >= 4 is 71.7 Å². The third kappa shape index (κ3) is 5.43. The Morgan fingerprint density at radius 2 is 0.875 bits per heavy atom. The molecule has 0 atom stereocenters. The van der Waals surface area contributed by atoms with E-state index >= 15 is 0 Å². The fourth-order valence-corrected chi connectivity index (χ4v) is 19.7. The van der Waals surface area contributed by atoms with E-state index in [9.17, 15) is 0 Å². The van der Waals surface area contributed by atoms with Gasteiger partial charge in [0.2, 0.25) is 0 Å². The Morgan fingerprint density at radius 1 is 0.479 bits per heavy atom. The highest BCUT2D eigenvalue weighted by atomic mass is 32.2. The highest BCUT2D eigenvalue weighted by Crippen LogP contribution is 2.81. The van der Waals surface area contributed by atoms with Crippen molar-refractivity contribution in [1.82, 2.24) is 0 Å². The molecule has 0 bridgehead atoms. The predicted molar refractivity (Wildman–Crippen MR) is 216 cm³/mol. The largest absolute Gasteiger partial charge is 0.121 e. The summed E-state index contributed by atoms with van der Waals surface area (Å²) in [5.74, 6) is 0.990. The number of fused-ring (bicyclic) bond motifs is 2. The van der Waals surface area contributed by atoms with Gasteiger partial charge in [0, 0.05) is 15.5 Å². The second kappa shape index (κ2) is 13.2. The standard InChI is InChI=1S/C44H38P2S2/c1-30-25-32(3)41-38(29-47-39(41)27-30)43-42-33(4)26-31(2)28-40(42)48-44(43,45(34-17-9-5-10-18-34)35-19-11-6-12-20-35)46(36-21-13-7-14-22-36)37-23-15-8-16-24-37/h5-28H,29H2,1-4H3. The molecular formula is C44H38P2S2. The number of benzene rings is 6. The van der Waals surface area contributed by atoms with E-state index in [1.165, 1.54) is 70.0 Å². The van der Waals surface area contributed by atoms with Gasteiger partial charge in [-0.15, -0.1) is 23.5 Å². The monoisotopic (exact) mass is 692 g/mol. The van der Waals surface area contributed by atoms with Crippen molar-refractivity contribution in [2.45, 2.75) is 41.7 Å². The molecule has 0 nitrogen and oxygen atoms in total. The van der Waals surface area contributed by atoms with Crippen LogP contribution in [0.15, 0.2) is 155 Å². The topological polar surface area (TPSA) is 0 Å². The molecular weight excluding hydrogens is 655 g/mol. The third-order valence-corrected chi connectivity index (χ3v) is 19.2. The highest BCUT2D eigenvalue weighted by Gasteiger charge is 2.57. The Morgan fingerprint density at radius 3 is 1.31 bits per heavy atom. The zero-order valence-corrected chi connectivity index (χ0v) is 31.2. The molecule has 0 aliphatic carbocycles. The molecule has 6 aromatic carbocycles. The van der Waals surface area contributed by atoms with Crippen LogP contribution in [0.25, 0.3) is 11.1 Å². The lowest BCUT2D eigenvalue weighted by Gasteiger charge is -2.46. The van der Waals surface area contributed by atoms with E-state index in [1.54, 1.807) is 5.57 Å². The lowest BCUT2D eigenvalue weighted by Crippen LogP contribution is -2.36. The average molecular weight is 693 g/mol. The molecule has 6 aromatic rings. The minimum Gasteiger partial charge on any atom is -0.121 e. The summed E-state index contributed by atoms with van der Waals surface area (Å²) in [7, 11) is -1.85. The van der Waals surface area contributed by atoms with Crippen LogP contribution >= 0.6 is 39.4 Å². The molecule has 0 N–H and O–H groups in total. The molecule has 236 valence electrons. The minimum absolute atomic E-state index is 0.286. The van der Waals surface area contributed by atoms with Gasteiger partial charge in [0.1, 0.15) is 4.23 Å². The first kappa shape index (κ1) is 31.9. The Kier molecular flexibility index (Phi) is 8.73. The summed E-state index contributed by atoms with van der Waals surface area (Å²) < 4.78 is -0.286.